The molecule has 1 nitrogen and oxygen atoms in total. The second kappa shape index (κ2) is 3.95. The molecule has 76 valence electrons. The second-order valence-corrected chi connectivity index (χ2v) is 3.33. The molecule has 1 heterocycles. The zero-order valence-corrected chi connectivity index (χ0v) is 8.30. The summed E-state index contributed by atoms with van der Waals surface area (Å²) in [6, 6.07) is 7.00. The fourth-order valence-corrected chi connectivity index (χ4v) is 1.49. The highest BCUT2D eigenvalue weighted by molar-refractivity contribution is 6.32. The van der Waals surface area contributed by atoms with E-state index in [1.54, 1.807) is 12.1 Å². The van der Waals surface area contributed by atoms with Gasteiger partial charge in [0.05, 0.1) is 0 Å². The normalized spacial score (nSPS) is 10.3. The van der Waals surface area contributed by atoms with E-state index in [0.29, 0.717) is 11.1 Å². The lowest BCUT2D eigenvalue weighted by Gasteiger charge is -2.03. The number of benzene rings is 1. The fourth-order valence-electron chi connectivity index (χ4n) is 1.27. The first kappa shape index (κ1) is 10.1. The Bertz CT molecular complexity index is 500. The van der Waals surface area contributed by atoms with Crippen molar-refractivity contribution in [2.45, 2.75) is 0 Å². The Morgan fingerprint density at radius 2 is 1.87 bits per heavy atom. The molecule has 0 aliphatic carbocycles. The molecule has 0 radical (unpaired) electrons. The highest BCUT2D eigenvalue weighted by Crippen LogP contribution is 2.26. The first-order valence-electron chi connectivity index (χ1n) is 4.24. The Hall–Kier alpha value is -1.48. The molecule has 0 atom stereocenters. The molecule has 0 bridgehead atoms. The van der Waals surface area contributed by atoms with Crippen LogP contribution >= 0.6 is 11.6 Å². The predicted molar refractivity (Wildman–Crippen MR) is 54.6 cm³/mol. The smallest absolute Gasteiger partial charge is 0.159 e. The van der Waals surface area contributed by atoms with Crippen molar-refractivity contribution in [3.8, 4) is 11.1 Å². The summed E-state index contributed by atoms with van der Waals surface area (Å²) in [4.78, 5) is 3.86. The maximum Gasteiger partial charge on any atom is 0.159 e. The zero-order valence-electron chi connectivity index (χ0n) is 7.55. The van der Waals surface area contributed by atoms with E-state index in [2.05, 4.69) is 4.98 Å². The van der Waals surface area contributed by atoms with Gasteiger partial charge in [-0.3, -0.25) is 0 Å². The third kappa shape index (κ3) is 1.97. The van der Waals surface area contributed by atoms with Crippen LogP contribution in [0, 0.1) is 11.6 Å². The Kier molecular flexibility index (Phi) is 2.64. The molecule has 4 heteroatoms. The van der Waals surface area contributed by atoms with E-state index >= 15 is 0 Å². The number of hydrogen-bond donors (Lipinski definition) is 0. The maximum atomic E-state index is 13.0. The molecule has 0 amide bonds. The molecule has 0 N–H and O–H groups in total. The number of nitrogens with zero attached hydrogens (tertiary/aromatic N) is 1. The minimum atomic E-state index is -0.896. The molecule has 0 spiro atoms. The lowest BCUT2D eigenvalue weighted by Crippen LogP contribution is -1.87. The minimum Gasteiger partial charge on any atom is -0.244 e. The number of hydrogen-bond acceptors (Lipinski definition) is 1. The molecule has 0 fully saturated rings. The predicted octanol–water partition coefficient (Wildman–Crippen LogP) is 3.68. The third-order valence-corrected chi connectivity index (χ3v) is 2.29. The lowest BCUT2D eigenvalue weighted by atomic mass is 10.1. The molecule has 15 heavy (non-hydrogen) atoms. The Balaban J connectivity index is 2.55. The summed E-state index contributed by atoms with van der Waals surface area (Å²) in [5.41, 5.74) is 1.09. The van der Waals surface area contributed by atoms with Crippen LogP contribution in [0.2, 0.25) is 5.15 Å². The second-order valence-electron chi connectivity index (χ2n) is 2.97. The topological polar surface area (TPSA) is 12.9 Å². The zero-order chi connectivity index (χ0) is 10.8. The molecule has 2 rings (SSSR count). The average Bonchev–Trinajstić information content (AvgIpc) is 2.23. The minimum absolute atomic E-state index is 0.267. The van der Waals surface area contributed by atoms with Gasteiger partial charge in [0.15, 0.2) is 11.6 Å². The molecule has 0 aliphatic heterocycles. The summed E-state index contributed by atoms with van der Waals surface area (Å²) < 4.78 is 25.6. The van der Waals surface area contributed by atoms with Crippen LogP contribution in [0.25, 0.3) is 11.1 Å². The van der Waals surface area contributed by atoms with Gasteiger partial charge in [0, 0.05) is 11.8 Å². The van der Waals surface area contributed by atoms with Gasteiger partial charge in [-0.15, -0.1) is 0 Å². The summed E-state index contributed by atoms with van der Waals surface area (Å²) in [5.74, 6) is -1.77. The summed E-state index contributed by atoms with van der Waals surface area (Å²) in [5, 5.41) is 0.267. The van der Waals surface area contributed by atoms with Gasteiger partial charge in [-0.1, -0.05) is 17.7 Å². The molecular weight excluding hydrogens is 220 g/mol. The van der Waals surface area contributed by atoms with E-state index in [0.717, 1.165) is 12.1 Å². The van der Waals surface area contributed by atoms with Gasteiger partial charge in [0.2, 0.25) is 0 Å². The van der Waals surface area contributed by atoms with Crippen molar-refractivity contribution in [1.82, 2.24) is 4.98 Å². The fraction of sp³-hybridized carbons (Fsp3) is 0. The van der Waals surface area contributed by atoms with Crippen molar-refractivity contribution in [3.05, 3.63) is 53.3 Å². The Morgan fingerprint density at radius 3 is 2.53 bits per heavy atom. The van der Waals surface area contributed by atoms with Gasteiger partial charge in [-0.05, 0) is 29.8 Å². The maximum absolute atomic E-state index is 13.0. The first-order chi connectivity index (χ1) is 7.18. The van der Waals surface area contributed by atoms with Gasteiger partial charge >= 0.3 is 0 Å². The summed E-state index contributed by atoms with van der Waals surface area (Å²) in [7, 11) is 0. The van der Waals surface area contributed by atoms with E-state index in [4.69, 9.17) is 11.6 Å². The van der Waals surface area contributed by atoms with E-state index in [1.807, 2.05) is 0 Å². The molecule has 0 unspecified atom stereocenters. The highest BCUT2D eigenvalue weighted by atomic mass is 35.5. The summed E-state index contributed by atoms with van der Waals surface area (Å²) >= 11 is 5.82. The summed E-state index contributed by atoms with van der Waals surface area (Å²) in [6.45, 7) is 0. The number of aromatic nitrogens is 1. The molecule has 1 aromatic carbocycles. The average molecular weight is 226 g/mol. The van der Waals surface area contributed by atoms with Gasteiger partial charge in [0.1, 0.15) is 5.15 Å². The van der Waals surface area contributed by atoms with Crippen LogP contribution in [0.4, 0.5) is 8.78 Å². The molecule has 0 saturated heterocycles. The van der Waals surface area contributed by atoms with Crippen LogP contribution in [-0.2, 0) is 0 Å². The molecule has 2 aromatic rings. The van der Waals surface area contributed by atoms with Gasteiger partial charge in [0.25, 0.3) is 0 Å². The van der Waals surface area contributed by atoms with Gasteiger partial charge in [-0.25, -0.2) is 13.8 Å². The lowest BCUT2D eigenvalue weighted by molar-refractivity contribution is 0.509. The Morgan fingerprint density at radius 1 is 1.07 bits per heavy atom. The van der Waals surface area contributed by atoms with E-state index in [1.165, 1.54) is 12.3 Å². The van der Waals surface area contributed by atoms with Gasteiger partial charge in [-0.2, -0.15) is 0 Å². The monoisotopic (exact) mass is 225 g/mol. The largest absolute Gasteiger partial charge is 0.244 e. The molecule has 1 aromatic heterocycles. The SMILES string of the molecule is Fc1ccc(-c2cccnc2Cl)cc1F. The molecular formula is C11H6ClF2N. The van der Waals surface area contributed by atoms with Crippen LogP contribution < -0.4 is 0 Å². The molecule has 0 aliphatic rings. The quantitative estimate of drug-likeness (QED) is 0.675. The van der Waals surface area contributed by atoms with Crippen LogP contribution in [-0.4, -0.2) is 4.98 Å². The van der Waals surface area contributed by atoms with Crippen LogP contribution in [0.5, 0.6) is 0 Å². The van der Waals surface area contributed by atoms with Crippen molar-refractivity contribution in [1.29, 1.82) is 0 Å². The van der Waals surface area contributed by atoms with Crippen LogP contribution in [0.15, 0.2) is 36.5 Å². The highest BCUT2D eigenvalue weighted by Gasteiger charge is 2.07. The van der Waals surface area contributed by atoms with Crippen molar-refractivity contribution in [2.24, 2.45) is 0 Å². The van der Waals surface area contributed by atoms with Gasteiger partial charge < -0.3 is 0 Å². The first-order valence-corrected chi connectivity index (χ1v) is 4.62. The van der Waals surface area contributed by atoms with E-state index < -0.39 is 11.6 Å². The van der Waals surface area contributed by atoms with Crippen molar-refractivity contribution in [3.63, 3.8) is 0 Å². The standard InChI is InChI=1S/C11H6ClF2N/c12-11-8(2-1-5-15-11)7-3-4-9(13)10(14)6-7/h1-6H. The van der Waals surface area contributed by atoms with Crippen molar-refractivity contribution in [2.75, 3.05) is 0 Å². The number of rotatable bonds is 1. The molecule has 0 saturated carbocycles. The summed E-state index contributed by atoms with van der Waals surface area (Å²) in [6.07, 6.45) is 1.53. The Labute approximate surface area is 90.3 Å². The van der Waals surface area contributed by atoms with Crippen LogP contribution in [0.1, 0.15) is 0 Å². The number of halogens is 3. The van der Waals surface area contributed by atoms with Crippen molar-refractivity contribution >= 4 is 11.6 Å². The van der Waals surface area contributed by atoms with E-state index in [9.17, 15) is 8.78 Å². The van der Waals surface area contributed by atoms with E-state index in [-0.39, 0.29) is 5.15 Å². The van der Waals surface area contributed by atoms with Crippen LogP contribution in [0.3, 0.4) is 0 Å². The number of pyridine rings is 1. The van der Waals surface area contributed by atoms with Crippen molar-refractivity contribution < 1.29 is 8.78 Å². The third-order valence-electron chi connectivity index (χ3n) is 1.99.